The molecule has 2 rings (SSSR count). The van der Waals surface area contributed by atoms with E-state index in [4.69, 9.17) is 4.74 Å². The molecule has 0 aromatic carbocycles. The molecule has 1 fully saturated rings. The Morgan fingerprint density at radius 1 is 1.38 bits per heavy atom. The first-order valence-corrected chi connectivity index (χ1v) is 7.48. The first kappa shape index (κ1) is 15.6. The zero-order valence-electron chi connectivity index (χ0n) is 13.2. The molecule has 1 amide bonds. The zero-order valence-corrected chi connectivity index (χ0v) is 13.2. The number of amides is 1. The summed E-state index contributed by atoms with van der Waals surface area (Å²) in [7, 11) is 0. The van der Waals surface area contributed by atoms with E-state index in [1.54, 1.807) is 33.8 Å². The third kappa shape index (κ3) is 3.86. The molecule has 5 nitrogen and oxygen atoms in total. The summed E-state index contributed by atoms with van der Waals surface area (Å²) in [6, 6.07) is 3.40. The van der Waals surface area contributed by atoms with Gasteiger partial charge in [0.2, 0.25) is 0 Å². The van der Waals surface area contributed by atoms with Gasteiger partial charge in [-0.1, -0.05) is 0 Å². The van der Waals surface area contributed by atoms with Gasteiger partial charge in [0.1, 0.15) is 17.3 Å². The molecule has 0 spiro atoms. The monoisotopic (exact) mass is 292 g/mol. The summed E-state index contributed by atoms with van der Waals surface area (Å²) >= 11 is 0. The molecule has 1 aliphatic rings. The van der Waals surface area contributed by atoms with Crippen LogP contribution in [0.5, 0.6) is 0 Å². The molecule has 0 saturated heterocycles. The predicted octanol–water partition coefficient (Wildman–Crippen LogP) is 2.67. The highest BCUT2D eigenvalue weighted by atomic mass is 16.6. The van der Waals surface area contributed by atoms with Crippen LogP contribution in [0.25, 0.3) is 0 Å². The number of nitrogens with zero attached hydrogens (tertiary/aromatic N) is 1. The van der Waals surface area contributed by atoms with E-state index in [2.05, 4.69) is 5.32 Å². The van der Waals surface area contributed by atoms with E-state index in [1.165, 1.54) is 6.42 Å². The molecule has 0 unspecified atom stereocenters. The average Bonchev–Trinajstić information content (AvgIpc) is 2.73. The predicted molar refractivity (Wildman–Crippen MR) is 80.1 cm³/mol. The molecule has 116 valence electrons. The molecule has 0 bridgehead atoms. The van der Waals surface area contributed by atoms with Gasteiger partial charge < -0.3 is 14.6 Å². The van der Waals surface area contributed by atoms with Crippen molar-refractivity contribution < 1.29 is 14.3 Å². The number of hydrogen-bond donors (Lipinski definition) is 1. The molecular formula is C16H24N2O3. The van der Waals surface area contributed by atoms with Crippen LogP contribution in [0.4, 0.5) is 0 Å². The molecular weight excluding hydrogens is 268 g/mol. The van der Waals surface area contributed by atoms with Crippen molar-refractivity contribution in [1.82, 2.24) is 9.88 Å². The van der Waals surface area contributed by atoms with E-state index in [9.17, 15) is 9.59 Å². The Kier molecular flexibility index (Phi) is 4.40. The lowest BCUT2D eigenvalue weighted by Crippen LogP contribution is -2.43. The maximum absolute atomic E-state index is 12.3. The van der Waals surface area contributed by atoms with E-state index in [-0.39, 0.29) is 5.91 Å². The Hall–Kier alpha value is -1.78. The van der Waals surface area contributed by atoms with Crippen molar-refractivity contribution in [2.45, 2.75) is 64.6 Å². The molecule has 1 saturated carbocycles. The third-order valence-electron chi connectivity index (χ3n) is 3.59. The maximum atomic E-state index is 12.3. The van der Waals surface area contributed by atoms with Crippen molar-refractivity contribution in [2.75, 3.05) is 0 Å². The average molecular weight is 292 g/mol. The van der Waals surface area contributed by atoms with Crippen LogP contribution in [0.2, 0.25) is 0 Å². The van der Waals surface area contributed by atoms with Gasteiger partial charge in [-0.2, -0.15) is 0 Å². The summed E-state index contributed by atoms with van der Waals surface area (Å²) in [6.07, 6.45) is 5.35. The summed E-state index contributed by atoms with van der Waals surface area (Å²) in [5, 5.41) is 2.71. The zero-order chi connectivity index (χ0) is 15.6. The van der Waals surface area contributed by atoms with E-state index in [1.807, 2.05) is 16.8 Å². The number of hydrogen-bond acceptors (Lipinski definition) is 3. The molecule has 5 heteroatoms. The molecule has 1 aromatic rings. The number of carbonyl (C=O) groups excluding carboxylic acids is 2. The Labute approximate surface area is 125 Å². The van der Waals surface area contributed by atoms with Gasteiger partial charge in [-0.05, 0) is 59.1 Å². The van der Waals surface area contributed by atoms with E-state index in [0.717, 1.165) is 12.8 Å². The molecule has 1 N–H and O–H groups in total. The maximum Gasteiger partial charge on any atom is 0.328 e. The minimum Gasteiger partial charge on any atom is -0.458 e. The van der Waals surface area contributed by atoms with E-state index < -0.39 is 17.6 Å². The Morgan fingerprint density at radius 3 is 2.57 bits per heavy atom. The summed E-state index contributed by atoms with van der Waals surface area (Å²) in [5.74, 6) is -0.650. The number of esters is 1. The molecule has 21 heavy (non-hydrogen) atoms. The fourth-order valence-corrected chi connectivity index (χ4v) is 2.29. The Morgan fingerprint density at radius 2 is 2.05 bits per heavy atom. The summed E-state index contributed by atoms with van der Waals surface area (Å²) in [6.45, 7) is 7.06. The van der Waals surface area contributed by atoms with Crippen molar-refractivity contribution in [2.24, 2.45) is 0 Å². The highest BCUT2D eigenvalue weighted by Crippen LogP contribution is 2.32. The Balaban J connectivity index is 1.98. The Bertz CT molecular complexity index is 524. The molecule has 1 heterocycles. The highest BCUT2D eigenvalue weighted by Gasteiger charge is 2.26. The topological polar surface area (TPSA) is 60.3 Å². The summed E-state index contributed by atoms with van der Waals surface area (Å²) in [5.41, 5.74) is 0.0532. The lowest BCUT2D eigenvalue weighted by atomic mass is 9.93. The van der Waals surface area contributed by atoms with Crippen LogP contribution >= 0.6 is 0 Å². The smallest absolute Gasteiger partial charge is 0.328 e. The van der Waals surface area contributed by atoms with Crippen LogP contribution in [0.1, 0.15) is 63.5 Å². The number of aromatic nitrogens is 1. The van der Waals surface area contributed by atoms with Crippen LogP contribution in [-0.4, -0.2) is 28.1 Å². The van der Waals surface area contributed by atoms with Gasteiger partial charge >= 0.3 is 5.97 Å². The standard InChI is InChI=1S/C16H24N2O3/c1-11(15(20)21-16(2,3)4)17-14(19)13-9-6-10-18(13)12-7-5-8-12/h6,9-12H,5,7-8H2,1-4H3,(H,17,19)/t11-/m0/s1. The highest BCUT2D eigenvalue weighted by molar-refractivity contribution is 5.95. The van der Waals surface area contributed by atoms with Crippen molar-refractivity contribution in [1.29, 1.82) is 0 Å². The van der Waals surface area contributed by atoms with E-state index >= 15 is 0 Å². The number of nitrogens with one attached hydrogen (secondary N) is 1. The SMILES string of the molecule is C[C@H](NC(=O)c1cccn1C1CCC1)C(=O)OC(C)(C)C. The number of carbonyl (C=O) groups is 2. The molecule has 0 radical (unpaired) electrons. The van der Waals surface area contributed by atoms with Gasteiger partial charge in [0.25, 0.3) is 5.91 Å². The molecule has 1 atom stereocenters. The van der Waals surface area contributed by atoms with Crippen molar-refractivity contribution in [3.63, 3.8) is 0 Å². The van der Waals surface area contributed by atoms with Crippen LogP contribution in [-0.2, 0) is 9.53 Å². The summed E-state index contributed by atoms with van der Waals surface area (Å²) < 4.78 is 7.27. The van der Waals surface area contributed by atoms with Gasteiger partial charge in [0.15, 0.2) is 0 Å². The lowest BCUT2D eigenvalue weighted by Gasteiger charge is -2.29. The van der Waals surface area contributed by atoms with Gasteiger partial charge in [0, 0.05) is 12.2 Å². The first-order valence-electron chi connectivity index (χ1n) is 7.48. The minimum absolute atomic E-state index is 0.231. The van der Waals surface area contributed by atoms with Crippen LogP contribution in [0.3, 0.4) is 0 Å². The lowest BCUT2D eigenvalue weighted by molar-refractivity contribution is -0.156. The van der Waals surface area contributed by atoms with Crippen LogP contribution in [0.15, 0.2) is 18.3 Å². The molecule has 1 aromatic heterocycles. The fourth-order valence-electron chi connectivity index (χ4n) is 2.29. The van der Waals surface area contributed by atoms with Crippen molar-refractivity contribution in [3.05, 3.63) is 24.0 Å². The number of ether oxygens (including phenoxy) is 1. The minimum atomic E-state index is -0.665. The van der Waals surface area contributed by atoms with Gasteiger partial charge in [-0.15, -0.1) is 0 Å². The summed E-state index contributed by atoms with van der Waals surface area (Å²) in [4.78, 5) is 24.2. The largest absolute Gasteiger partial charge is 0.458 e. The van der Waals surface area contributed by atoms with Crippen molar-refractivity contribution in [3.8, 4) is 0 Å². The third-order valence-corrected chi connectivity index (χ3v) is 3.59. The molecule has 0 aliphatic heterocycles. The van der Waals surface area contributed by atoms with E-state index in [0.29, 0.717) is 11.7 Å². The van der Waals surface area contributed by atoms with Crippen LogP contribution in [0, 0.1) is 0 Å². The second-order valence-electron chi connectivity index (χ2n) is 6.61. The van der Waals surface area contributed by atoms with Gasteiger partial charge in [0.05, 0.1) is 0 Å². The van der Waals surface area contributed by atoms with Crippen LogP contribution < -0.4 is 5.32 Å². The van der Waals surface area contributed by atoms with Gasteiger partial charge in [-0.3, -0.25) is 4.79 Å². The fraction of sp³-hybridized carbons (Fsp3) is 0.625. The second-order valence-corrected chi connectivity index (χ2v) is 6.61. The number of rotatable bonds is 4. The second kappa shape index (κ2) is 5.92. The molecule has 1 aliphatic carbocycles. The first-order chi connectivity index (χ1) is 9.78. The quantitative estimate of drug-likeness (QED) is 0.868. The van der Waals surface area contributed by atoms with Crippen molar-refractivity contribution >= 4 is 11.9 Å². The van der Waals surface area contributed by atoms with Gasteiger partial charge in [-0.25, -0.2) is 4.79 Å². The normalized spacial score (nSPS) is 17.0.